The summed E-state index contributed by atoms with van der Waals surface area (Å²) in [6.45, 7) is 1.42. The highest BCUT2D eigenvalue weighted by Gasteiger charge is 2.47. The SMILES string of the molecule is CC(=O)c1cccc(S(=O)(=O)NC2(c3ccc(Br)cc3)CC2)c1. The van der Waals surface area contributed by atoms with E-state index in [2.05, 4.69) is 20.7 Å². The quantitative estimate of drug-likeness (QED) is 0.788. The van der Waals surface area contributed by atoms with Crippen LogP contribution in [0.1, 0.15) is 35.7 Å². The molecule has 1 aliphatic rings. The van der Waals surface area contributed by atoms with Gasteiger partial charge in [-0.3, -0.25) is 4.79 Å². The molecule has 0 aliphatic heterocycles. The molecule has 0 heterocycles. The molecule has 4 nitrogen and oxygen atoms in total. The zero-order valence-electron chi connectivity index (χ0n) is 12.5. The normalized spacial score (nSPS) is 16.1. The molecule has 1 N–H and O–H groups in total. The first kappa shape index (κ1) is 16.4. The van der Waals surface area contributed by atoms with Crippen molar-refractivity contribution in [1.82, 2.24) is 4.72 Å². The predicted molar refractivity (Wildman–Crippen MR) is 91.8 cm³/mol. The summed E-state index contributed by atoms with van der Waals surface area (Å²) in [6.07, 6.45) is 1.53. The van der Waals surface area contributed by atoms with Crippen LogP contribution in [0.4, 0.5) is 0 Å². The van der Waals surface area contributed by atoms with E-state index in [1.54, 1.807) is 12.1 Å². The van der Waals surface area contributed by atoms with Gasteiger partial charge in [0, 0.05) is 10.0 Å². The molecule has 0 radical (unpaired) electrons. The minimum atomic E-state index is -3.68. The van der Waals surface area contributed by atoms with Gasteiger partial charge >= 0.3 is 0 Å². The number of halogens is 1. The van der Waals surface area contributed by atoms with E-state index in [4.69, 9.17) is 0 Å². The Kier molecular flexibility index (Phi) is 4.16. The maximum atomic E-state index is 12.7. The molecule has 2 aromatic rings. The summed E-state index contributed by atoms with van der Waals surface area (Å²) in [5.74, 6) is -0.156. The molecule has 6 heteroatoms. The summed E-state index contributed by atoms with van der Waals surface area (Å²) in [5.41, 5.74) is 0.805. The smallest absolute Gasteiger partial charge is 0.241 e. The van der Waals surface area contributed by atoms with Gasteiger partial charge in [-0.25, -0.2) is 13.1 Å². The van der Waals surface area contributed by atoms with Crippen molar-refractivity contribution < 1.29 is 13.2 Å². The number of sulfonamides is 1. The molecular weight excluding hydrogens is 378 g/mol. The summed E-state index contributed by atoms with van der Waals surface area (Å²) in [7, 11) is -3.68. The first-order valence-corrected chi connectivity index (χ1v) is 9.51. The maximum absolute atomic E-state index is 12.7. The van der Waals surface area contributed by atoms with Crippen molar-refractivity contribution in [2.24, 2.45) is 0 Å². The lowest BCUT2D eigenvalue weighted by Crippen LogP contribution is -2.34. The Labute approximate surface area is 144 Å². The van der Waals surface area contributed by atoms with Crippen molar-refractivity contribution in [1.29, 1.82) is 0 Å². The Balaban J connectivity index is 1.91. The Morgan fingerprint density at radius 3 is 2.35 bits per heavy atom. The summed E-state index contributed by atoms with van der Waals surface area (Å²) in [5, 5.41) is 0. The second-order valence-electron chi connectivity index (χ2n) is 5.78. The number of benzene rings is 2. The third-order valence-corrected chi connectivity index (χ3v) is 6.09. The second kappa shape index (κ2) is 5.85. The number of carbonyl (C=O) groups is 1. The zero-order valence-corrected chi connectivity index (χ0v) is 14.9. The Morgan fingerprint density at radius 1 is 1.13 bits per heavy atom. The van der Waals surface area contributed by atoms with Gasteiger partial charge in [-0.15, -0.1) is 0 Å². The van der Waals surface area contributed by atoms with Crippen molar-refractivity contribution in [3.8, 4) is 0 Å². The van der Waals surface area contributed by atoms with Crippen LogP contribution in [0.3, 0.4) is 0 Å². The fourth-order valence-corrected chi connectivity index (χ4v) is 4.30. The highest BCUT2D eigenvalue weighted by Crippen LogP contribution is 2.46. The minimum absolute atomic E-state index is 0.119. The third-order valence-electron chi connectivity index (χ3n) is 4.03. The first-order chi connectivity index (χ1) is 10.8. The molecule has 0 spiro atoms. The van der Waals surface area contributed by atoms with Gasteiger partial charge in [0.25, 0.3) is 0 Å². The Hall–Kier alpha value is -1.50. The molecule has 0 atom stereocenters. The molecular formula is C17H16BrNO3S. The number of Topliss-reactive ketones (excluding diaryl/α,β-unsaturated/α-hetero) is 1. The van der Waals surface area contributed by atoms with Crippen LogP contribution in [0.25, 0.3) is 0 Å². The van der Waals surface area contributed by atoms with Crippen LogP contribution in [-0.2, 0) is 15.6 Å². The zero-order chi connectivity index (χ0) is 16.7. The van der Waals surface area contributed by atoms with Crippen molar-refractivity contribution in [2.45, 2.75) is 30.2 Å². The average molecular weight is 394 g/mol. The number of nitrogens with one attached hydrogen (secondary N) is 1. The molecule has 0 aromatic heterocycles. The highest BCUT2D eigenvalue weighted by atomic mass is 79.9. The van der Waals surface area contributed by atoms with E-state index in [0.29, 0.717) is 5.56 Å². The fraction of sp³-hybridized carbons (Fsp3) is 0.235. The number of hydrogen-bond donors (Lipinski definition) is 1. The van der Waals surface area contributed by atoms with Gasteiger partial charge in [0.2, 0.25) is 10.0 Å². The van der Waals surface area contributed by atoms with Gasteiger partial charge in [0.15, 0.2) is 5.78 Å². The van der Waals surface area contributed by atoms with Gasteiger partial charge < -0.3 is 0 Å². The highest BCUT2D eigenvalue weighted by molar-refractivity contribution is 9.10. The van der Waals surface area contributed by atoms with Crippen molar-refractivity contribution in [2.75, 3.05) is 0 Å². The number of carbonyl (C=O) groups excluding carboxylic acids is 1. The predicted octanol–water partition coefficient (Wildman–Crippen LogP) is 3.62. The summed E-state index contributed by atoms with van der Waals surface area (Å²) >= 11 is 3.38. The second-order valence-corrected chi connectivity index (χ2v) is 8.38. The first-order valence-electron chi connectivity index (χ1n) is 7.23. The van der Waals surface area contributed by atoms with E-state index in [9.17, 15) is 13.2 Å². The van der Waals surface area contributed by atoms with E-state index in [1.165, 1.54) is 19.1 Å². The fourth-order valence-electron chi connectivity index (χ4n) is 2.54. The van der Waals surface area contributed by atoms with Crippen molar-refractivity contribution in [3.63, 3.8) is 0 Å². The Bertz CT molecular complexity index is 856. The van der Waals surface area contributed by atoms with E-state index in [0.717, 1.165) is 22.9 Å². The van der Waals surface area contributed by atoms with Gasteiger partial charge in [-0.2, -0.15) is 0 Å². The lowest BCUT2D eigenvalue weighted by molar-refractivity contribution is 0.101. The molecule has 0 amide bonds. The summed E-state index contributed by atoms with van der Waals surface area (Å²) in [6, 6.07) is 13.8. The molecule has 3 rings (SSSR count). The van der Waals surface area contributed by atoms with E-state index < -0.39 is 15.6 Å². The Morgan fingerprint density at radius 2 is 1.78 bits per heavy atom. The monoisotopic (exact) mass is 393 g/mol. The van der Waals surface area contributed by atoms with Crippen LogP contribution in [0.5, 0.6) is 0 Å². The third kappa shape index (κ3) is 3.39. The van der Waals surface area contributed by atoms with Gasteiger partial charge in [0.1, 0.15) is 0 Å². The number of hydrogen-bond acceptors (Lipinski definition) is 3. The van der Waals surface area contributed by atoms with E-state index in [1.807, 2.05) is 24.3 Å². The summed E-state index contributed by atoms with van der Waals surface area (Å²) in [4.78, 5) is 11.6. The topological polar surface area (TPSA) is 63.2 Å². The largest absolute Gasteiger partial charge is 0.295 e. The van der Waals surface area contributed by atoms with E-state index >= 15 is 0 Å². The molecule has 1 saturated carbocycles. The van der Waals surface area contributed by atoms with Crippen LogP contribution in [0.15, 0.2) is 57.9 Å². The average Bonchev–Trinajstić information content (AvgIpc) is 3.28. The standard InChI is InChI=1S/C17H16BrNO3S/c1-12(20)13-3-2-4-16(11-13)23(21,22)19-17(9-10-17)14-5-7-15(18)8-6-14/h2-8,11,19H,9-10H2,1H3. The van der Waals surface area contributed by atoms with Gasteiger partial charge in [-0.05, 0) is 49.6 Å². The lowest BCUT2D eigenvalue weighted by atomic mass is 10.1. The number of rotatable bonds is 5. The van der Waals surface area contributed by atoms with Crippen LogP contribution in [-0.4, -0.2) is 14.2 Å². The molecule has 120 valence electrons. The van der Waals surface area contributed by atoms with Gasteiger partial charge in [-0.1, -0.05) is 40.2 Å². The molecule has 0 saturated heterocycles. The molecule has 23 heavy (non-hydrogen) atoms. The molecule has 0 bridgehead atoms. The van der Waals surface area contributed by atoms with Crippen LogP contribution in [0.2, 0.25) is 0 Å². The van der Waals surface area contributed by atoms with Gasteiger partial charge in [0.05, 0.1) is 10.4 Å². The van der Waals surface area contributed by atoms with Crippen LogP contribution >= 0.6 is 15.9 Å². The van der Waals surface area contributed by atoms with Crippen LogP contribution in [0, 0.1) is 0 Å². The summed E-state index contributed by atoms with van der Waals surface area (Å²) < 4.78 is 29.1. The molecule has 1 aliphatic carbocycles. The van der Waals surface area contributed by atoms with Crippen molar-refractivity contribution in [3.05, 3.63) is 64.1 Å². The maximum Gasteiger partial charge on any atom is 0.241 e. The number of ketones is 1. The van der Waals surface area contributed by atoms with Crippen molar-refractivity contribution >= 4 is 31.7 Å². The van der Waals surface area contributed by atoms with E-state index in [-0.39, 0.29) is 10.7 Å². The molecule has 1 fully saturated rings. The lowest BCUT2D eigenvalue weighted by Gasteiger charge is -2.18. The molecule has 0 unspecified atom stereocenters. The minimum Gasteiger partial charge on any atom is -0.295 e. The van der Waals surface area contributed by atoms with Crippen LogP contribution < -0.4 is 4.72 Å². The molecule has 2 aromatic carbocycles.